The zero-order valence-electron chi connectivity index (χ0n) is 10.3. The third-order valence-corrected chi connectivity index (χ3v) is 3.21. The number of rotatable bonds is 2. The second-order valence-corrected chi connectivity index (χ2v) is 4.32. The molecule has 0 amide bonds. The van der Waals surface area contributed by atoms with Gasteiger partial charge >= 0.3 is 5.69 Å². The van der Waals surface area contributed by atoms with Gasteiger partial charge in [-0.2, -0.15) is 5.26 Å². The highest BCUT2D eigenvalue weighted by molar-refractivity contribution is 5.23. The molecule has 5 heteroatoms. The molecular weight excluding hydrogens is 230 g/mol. The molecule has 0 unspecified atom stereocenters. The molecule has 0 saturated carbocycles. The minimum Gasteiger partial charge on any atom is -0.299 e. The molecule has 0 aromatic carbocycles. The minimum atomic E-state index is -0.483. The quantitative estimate of drug-likeness (QED) is 0.735. The lowest BCUT2D eigenvalue weighted by molar-refractivity contribution is 0.462. The standard InChI is InChI=1S/C13H15N3O2/c1-2-15-9-10(8-14)12(17)16(13(15)18)11-6-4-3-5-7-11/h4,6,9,11H,2-3,5,7H2,1H3/t11-/m1/s1. The fourth-order valence-corrected chi connectivity index (χ4v) is 2.23. The zero-order chi connectivity index (χ0) is 13.1. The molecule has 1 atom stereocenters. The summed E-state index contributed by atoms with van der Waals surface area (Å²) in [5.41, 5.74) is -0.794. The van der Waals surface area contributed by atoms with Gasteiger partial charge in [-0.1, -0.05) is 12.2 Å². The van der Waals surface area contributed by atoms with Crippen LogP contribution in [-0.4, -0.2) is 9.13 Å². The van der Waals surface area contributed by atoms with Crippen molar-refractivity contribution in [1.29, 1.82) is 5.26 Å². The van der Waals surface area contributed by atoms with Crippen LogP contribution in [0.5, 0.6) is 0 Å². The van der Waals surface area contributed by atoms with Crippen LogP contribution in [0.3, 0.4) is 0 Å². The van der Waals surface area contributed by atoms with E-state index in [-0.39, 0.29) is 17.3 Å². The van der Waals surface area contributed by atoms with E-state index in [1.54, 1.807) is 0 Å². The van der Waals surface area contributed by atoms with Crippen molar-refractivity contribution in [3.05, 3.63) is 44.8 Å². The summed E-state index contributed by atoms with van der Waals surface area (Å²) in [5, 5.41) is 8.96. The lowest BCUT2D eigenvalue weighted by Crippen LogP contribution is -2.42. The summed E-state index contributed by atoms with van der Waals surface area (Å²) >= 11 is 0. The Morgan fingerprint density at radius 3 is 2.83 bits per heavy atom. The number of nitriles is 1. The second kappa shape index (κ2) is 5.05. The molecule has 0 radical (unpaired) electrons. The van der Waals surface area contributed by atoms with Crippen molar-refractivity contribution in [2.45, 2.75) is 38.8 Å². The molecule has 0 bridgehead atoms. The first kappa shape index (κ1) is 12.4. The third kappa shape index (κ3) is 2.02. The van der Waals surface area contributed by atoms with Crippen LogP contribution in [0.2, 0.25) is 0 Å². The van der Waals surface area contributed by atoms with E-state index in [1.165, 1.54) is 15.3 Å². The zero-order valence-corrected chi connectivity index (χ0v) is 10.3. The molecule has 0 spiro atoms. The highest BCUT2D eigenvalue weighted by atomic mass is 16.2. The minimum absolute atomic E-state index is 0.0235. The van der Waals surface area contributed by atoms with Crippen molar-refractivity contribution in [3.63, 3.8) is 0 Å². The van der Waals surface area contributed by atoms with E-state index in [0.717, 1.165) is 19.3 Å². The van der Waals surface area contributed by atoms with E-state index in [9.17, 15) is 9.59 Å². The average molecular weight is 245 g/mol. The van der Waals surface area contributed by atoms with Gasteiger partial charge < -0.3 is 0 Å². The van der Waals surface area contributed by atoms with Crippen LogP contribution in [0.15, 0.2) is 27.9 Å². The maximum atomic E-state index is 12.2. The fraction of sp³-hybridized carbons (Fsp3) is 0.462. The lowest BCUT2D eigenvalue weighted by atomic mass is 10.0. The van der Waals surface area contributed by atoms with Gasteiger partial charge in [-0.05, 0) is 26.2 Å². The Morgan fingerprint density at radius 1 is 1.50 bits per heavy atom. The maximum absolute atomic E-state index is 12.2. The van der Waals surface area contributed by atoms with Crippen molar-refractivity contribution >= 4 is 0 Å². The van der Waals surface area contributed by atoms with Crippen molar-refractivity contribution in [3.8, 4) is 6.07 Å². The Bertz CT molecular complexity index is 631. The van der Waals surface area contributed by atoms with E-state index in [0.29, 0.717) is 6.54 Å². The van der Waals surface area contributed by atoms with Crippen LogP contribution in [-0.2, 0) is 6.54 Å². The SMILES string of the molecule is CCn1cc(C#N)c(=O)n([C@@H]2C=CCCC2)c1=O. The predicted octanol–water partition coefficient (Wildman–Crippen LogP) is 1.18. The van der Waals surface area contributed by atoms with E-state index in [2.05, 4.69) is 0 Å². The third-order valence-electron chi connectivity index (χ3n) is 3.21. The van der Waals surface area contributed by atoms with E-state index in [4.69, 9.17) is 5.26 Å². The molecule has 1 aliphatic carbocycles. The number of allylic oxidation sites excluding steroid dienone is 2. The number of aromatic nitrogens is 2. The van der Waals surface area contributed by atoms with Gasteiger partial charge in [0.1, 0.15) is 11.6 Å². The van der Waals surface area contributed by atoms with Crippen molar-refractivity contribution < 1.29 is 0 Å². The summed E-state index contributed by atoms with van der Waals surface area (Å²) in [4.78, 5) is 24.3. The van der Waals surface area contributed by atoms with Crippen LogP contribution in [0.4, 0.5) is 0 Å². The van der Waals surface area contributed by atoms with Gasteiger partial charge in [-0.15, -0.1) is 0 Å². The Labute approximate surface area is 105 Å². The smallest absolute Gasteiger partial charge is 0.299 e. The first-order valence-electron chi connectivity index (χ1n) is 6.11. The molecular formula is C13H15N3O2. The van der Waals surface area contributed by atoms with Gasteiger partial charge in [0.05, 0.1) is 6.04 Å². The van der Waals surface area contributed by atoms with E-state index < -0.39 is 5.56 Å². The Morgan fingerprint density at radius 2 is 2.28 bits per heavy atom. The van der Waals surface area contributed by atoms with Crippen LogP contribution in [0.1, 0.15) is 37.8 Å². The van der Waals surface area contributed by atoms with Crippen molar-refractivity contribution in [2.24, 2.45) is 0 Å². The highest BCUT2D eigenvalue weighted by Gasteiger charge is 2.18. The fourth-order valence-electron chi connectivity index (χ4n) is 2.23. The van der Waals surface area contributed by atoms with Gasteiger partial charge in [0.25, 0.3) is 5.56 Å². The summed E-state index contributed by atoms with van der Waals surface area (Å²) in [7, 11) is 0. The second-order valence-electron chi connectivity index (χ2n) is 4.32. The number of aryl methyl sites for hydroxylation is 1. The molecule has 0 aliphatic heterocycles. The first-order valence-corrected chi connectivity index (χ1v) is 6.11. The van der Waals surface area contributed by atoms with E-state index >= 15 is 0 Å². The summed E-state index contributed by atoms with van der Waals surface area (Å²) in [6.07, 6.45) is 7.90. The van der Waals surface area contributed by atoms with Crippen LogP contribution < -0.4 is 11.2 Å². The summed E-state index contributed by atoms with van der Waals surface area (Å²) in [5.74, 6) is 0. The molecule has 1 heterocycles. The first-order chi connectivity index (χ1) is 8.69. The van der Waals surface area contributed by atoms with E-state index in [1.807, 2.05) is 25.1 Å². The summed E-state index contributed by atoms with van der Waals surface area (Å²) < 4.78 is 2.61. The van der Waals surface area contributed by atoms with Gasteiger partial charge in [0.15, 0.2) is 0 Å². The molecule has 0 N–H and O–H groups in total. The van der Waals surface area contributed by atoms with Crippen LogP contribution in [0.25, 0.3) is 0 Å². The summed E-state index contributed by atoms with van der Waals surface area (Å²) in [6, 6.07) is 1.64. The van der Waals surface area contributed by atoms with Crippen molar-refractivity contribution in [1.82, 2.24) is 9.13 Å². The Balaban J connectivity index is 2.69. The van der Waals surface area contributed by atoms with Gasteiger partial charge in [-0.3, -0.25) is 13.9 Å². The lowest BCUT2D eigenvalue weighted by Gasteiger charge is -2.19. The molecule has 5 nitrogen and oxygen atoms in total. The topological polar surface area (TPSA) is 67.8 Å². The van der Waals surface area contributed by atoms with Crippen LogP contribution >= 0.6 is 0 Å². The molecule has 0 fully saturated rings. The highest BCUT2D eigenvalue weighted by Crippen LogP contribution is 2.19. The van der Waals surface area contributed by atoms with Gasteiger partial charge in [0, 0.05) is 12.7 Å². The number of hydrogen-bond acceptors (Lipinski definition) is 3. The molecule has 1 aliphatic rings. The predicted molar refractivity (Wildman–Crippen MR) is 67.4 cm³/mol. The van der Waals surface area contributed by atoms with Crippen molar-refractivity contribution in [2.75, 3.05) is 0 Å². The summed E-state index contributed by atoms with van der Waals surface area (Å²) in [6.45, 7) is 2.26. The number of nitrogens with zero attached hydrogens (tertiary/aromatic N) is 3. The average Bonchev–Trinajstić information content (AvgIpc) is 2.40. The van der Waals surface area contributed by atoms with Crippen LogP contribution in [0, 0.1) is 11.3 Å². The molecule has 1 aromatic heterocycles. The number of hydrogen-bond donors (Lipinski definition) is 0. The molecule has 18 heavy (non-hydrogen) atoms. The molecule has 0 saturated heterocycles. The largest absolute Gasteiger partial charge is 0.331 e. The molecule has 2 rings (SSSR count). The van der Waals surface area contributed by atoms with Gasteiger partial charge in [-0.25, -0.2) is 4.79 Å². The normalized spacial score (nSPS) is 18.6. The Kier molecular flexibility index (Phi) is 3.47. The maximum Gasteiger partial charge on any atom is 0.331 e. The van der Waals surface area contributed by atoms with Gasteiger partial charge in [0.2, 0.25) is 0 Å². The monoisotopic (exact) mass is 245 g/mol. The Hall–Kier alpha value is -2.09. The molecule has 94 valence electrons. The molecule has 1 aromatic rings.